The van der Waals surface area contributed by atoms with Crippen LogP contribution in [0.3, 0.4) is 0 Å². The fourth-order valence-corrected chi connectivity index (χ4v) is 5.22. The van der Waals surface area contributed by atoms with E-state index in [0.29, 0.717) is 6.04 Å². The van der Waals surface area contributed by atoms with E-state index < -0.39 is 0 Å². The van der Waals surface area contributed by atoms with Gasteiger partial charge >= 0.3 is 0 Å². The first kappa shape index (κ1) is 20.7. The molecule has 1 aliphatic heterocycles. The normalized spacial score (nSPS) is 26.6. The molecule has 1 saturated heterocycles. The Morgan fingerprint density at radius 3 is 2.08 bits per heavy atom. The fraction of sp³-hybridized carbons (Fsp3) is 0.952. The third kappa shape index (κ3) is 5.73. The summed E-state index contributed by atoms with van der Waals surface area (Å²) in [6.07, 6.45) is 15.6. The van der Waals surface area contributed by atoms with Crippen molar-refractivity contribution in [1.29, 1.82) is 0 Å². The van der Waals surface area contributed by atoms with Gasteiger partial charge in [0, 0.05) is 38.8 Å². The van der Waals surface area contributed by atoms with Crippen molar-refractivity contribution < 1.29 is 0 Å². The highest BCUT2D eigenvalue weighted by atomic mass is 127. The molecule has 5 heteroatoms. The molecule has 0 radical (unpaired) electrons. The van der Waals surface area contributed by atoms with Gasteiger partial charge in [0.15, 0.2) is 5.96 Å². The molecule has 0 unspecified atom stereocenters. The van der Waals surface area contributed by atoms with Crippen molar-refractivity contribution in [3.8, 4) is 0 Å². The van der Waals surface area contributed by atoms with Crippen molar-refractivity contribution in [2.75, 3.05) is 26.7 Å². The standard InChI is InChI=1S/C21H38N4.HI/c1-22-21(23-15-20(16-7-8-16)17-9-10-17)24-18-11-13-25(14-12-18)19-5-3-2-4-6-19;/h16-20H,2-15H2,1H3,(H2,22,23,24);1H. The number of guanidine groups is 1. The largest absolute Gasteiger partial charge is 0.356 e. The van der Waals surface area contributed by atoms with Crippen molar-refractivity contribution in [3.05, 3.63) is 0 Å². The molecule has 1 heterocycles. The highest BCUT2D eigenvalue weighted by molar-refractivity contribution is 14.0. The molecule has 0 aromatic carbocycles. The Labute approximate surface area is 177 Å². The lowest BCUT2D eigenvalue weighted by Crippen LogP contribution is -2.51. The first-order valence-corrected chi connectivity index (χ1v) is 11.0. The smallest absolute Gasteiger partial charge is 0.191 e. The van der Waals surface area contributed by atoms with Gasteiger partial charge in [-0.05, 0) is 69.1 Å². The predicted octanol–water partition coefficient (Wildman–Crippen LogP) is 4.00. The summed E-state index contributed by atoms with van der Waals surface area (Å²) in [5.74, 6) is 3.97. The summed E-state index contributed by atoms with van der Waals surface area (Å²) in [5.41, 5.74) is 0. The van der Waals surface area contributed by atoms with Crippen LogP contribution in [0, 0.1) is 17.8 Å². The molecule has 0 atom stereocenters. The molecule has 150 valence electrons. The zero-order valence-corrected chi connectivity index (χ0v) is 18.9. The number of nitrogens with one attached hydrogen (secondary N) is 2. The quantitative estimate of drug-likeness (QED) is 0.347. The highest BCUT2D eigenvalue weighted by Gasteiger charge is 2.41. The number of hydrogen-bond acceptors (Lipinski definition) is 2. The van der Waals surface area contributed by atoms with E-state index in [4.69, 9.17) is 0 Å². The highest BCUT2D eigenvalue weighted by Crippen LogP contribution is 2.48. The molecule has 0 aromatic heterocycles. The van der Waals surface area contributed by atoms with Crippen LogP contribution in [-0.2, 0) is 0 Å². The number of piperidine rings is 1. The van der Waals surface area contributed by atoms with E-state index in [2.05, 4.69) is 20.5 Å². The summed E-state index contributed by atoms with van der Waals surface area (Å²) >= 11 is 0. The Hall–Kier alpha value is -0.0400. The van der Waals surface area contributed by atoms with E-state index in [1.54, 1.807) is 0 Å². The van der Waals surface area contributed by atoms with Crippen LogP contribution in [0.1, 0.15) is 70.6 Å². The number of hydrogen-bond donors (Lipinski definition) is 2. The molecule has 0 aromatic rings. The van der Waals surface area contributed by atoms with Crippen LogP contribution >= 0.6 is 24.0 Å². The van der Waals surface area contributed by atoms with Crippen molar-refractivity contribution in [2.24, 2.45) is 22.7 Å². The average Bonchev–Trinajstić information content (AvgIpc) is 3.56. The minimum absolute atomic E-state index is 0. The Kier molecular flexibility index (Phi) is 7.91. The second-order valence-corrected chi connectivity index (χ2v) is 9.04. The number of nitrogens with zero attached hydrogens (tertiary/aromatic N) is 2. The van der Waals surface area contributed by atoms with E-state index in [9.17, 15) is 0 Å². The third-order valence-corrected chi connectivity index (χ3v) is 7.15. The number of halogens is 1. The lowest BCUT2D eigenvalue weighted by molar-refractivity contribution is 0.119. The SMILES string of the molecule is CN=C(NCC(C1CC1)C1CC1)NC1CCN(C2CCCCC2)CC1.I. The molecule has 4 rings (SSSR count). The van der Waals surface area contributed by atoms with Gasteiger partial charge in [0.05, 0.1) is 0 Å². The zero-order valence-electron chi connectivity index (χ0n) is 16.6. The second-order valence-electron chi connectivity index (χ2n) is 9.04. The fourth-order valence-electron chi connectivity index (χ4n) is 5.22. The molecular formula is C21H39IN4. The van der Waals surface area contributed by atoms with Crippen LogP contribution in [0.4, 0.5) is 0 Å². The lowest BCUT2D eigenvalue weighted by atomic mass is 9.92. The summed E-state index contributed by atoms with van der Waals surface area (Å²) in [7, 11) is 1.93. The van der Waals surface area contributed by atoms with E-state index >= 15 is 0 Å². The van der Waals surface area contributed by atoms with Crippen LogP contribution in [0.25, 0.3) is 0 Å². The van der Waals surface area contributed by atoms with E-state index in [1.165, 1.54) is 83.7 Å². The Morgan fingerprint density at radius 1 is 0.923 bits per heavy atom. The van der Waals surface area contributed by atoms with E-state index in [1.807, 2.05) is 7.05 Å². The van der Waals surface area contributed by atoms with Crippen LogP contribution in [-0.4, -0.2) is 49.6 Å². The van der Waals surface area contributed by atoms with Crippen molar-refractivity contribution in [1.82, 2.24) is 15.5 Å². The van der Waals surface area contributed by atoms with Crippen LogP contribution < -0.4 is 10.6 Å². The summed E-state index contributed by atoms with van der Waals surface area (Å²) in [4.78, 5) is 7.27. The second kappa shape index (κ2) is 9.94. The van der Waals surface area contributed by atoms with Crippen molar-refractivity contribution in [3.63, 3.8) is 0 Å². The van der Waals surface area contributed by atoms with Gasteiger partial charge in [0.2, 0.25) is 0 Å². The average molecular weight is 474 g/mol. The summed E-state index contributed by atoms with van der Waals surface area (Å²) in [6.45, 7) is 3.67. The van der Waals surface area contributed by atoms with Gasteiger partial charge in [-0.3, -0.25) is 4.99 Å². The maximum atomic E-state index is 4.50. The molecule has 4 aliphatic rings. The van der Waals surface area contributed by atoms with Gasteiger partial charge in [-0.15, -0.1) is 24.0 Å². The third-order valence-electron chi connectivity index (χ3n) is 7.15. The molecule has 26 heavy (non-hydrogen) atoms. The molecule has 0 amide bonds. The van der Waals surface area contributed by atoms with Gasteiger partial charge in [-0.2, -0.15) is 0 Å². The lowest BCUT2D eigenvalue weighted by Gasteiger charge is -2.39. The molecule has 2 N–H and O–H groups in total. The summed E-state index contributed by atoms with van der Waals surface area (Å²) < 4.78 is 0. The van der Waals surface area contributed by atoms with Gasteiger partial charge in [-0.1, -0.05) is 19.3 Å². The predicted molar refractivity (Wildman–Crippen MR) is 120 cm³/mol. The topological polar surface area (TPSA) is 39.7 Å². The maximum Gasteiger partial charge on any atom is 0.191 e. The first-order valence-electron chi connectivity index (χ1n) is 11.0. The number of likely N-dealkylation sites (tertiary alicyclic amines) is 1. The van der Waals surface area contributed by atoms with Crippen LogP contribution in [0.2, 0.25) is 0 Å². The molecule has 0 bridgehead atoms. The Morgan fingerprint density at radius 2 is 1.54 bits per heavy atom. The first-order chi connectivity index (χ1) is 12.3. The molecule has 0 spiro atoms. The molecule has 3 aliphatic carbocycles. The van der Waals surface area contributed by atoms with Gasteiger partial charge in [0.25, 0.3) is 0 Å². The summed E-state index contributed by atoms with van der Waals surface area (Å²) in [6, 6.07) is 1.48. The van der Waals surface area contributed by atoms with Crippen molar-refractivity contribution >= 4 is 29.9 Å². The molecular weight excluding hydrogens is 435 g/mol. The van der Waals surface area contributed by atoms with Gasteiger partial charge in [0.1, 0.15) is 0 Å². The van der Waals surface area contributed by atoms with E-state index in [0.717, 1.165) is 36.3 Å². The molecule has 4 fully saturated rings. The Bertz CT molecular complexity index is 435. The molecule has 3 saturated carbocycles. The minimum Gasteiger partial charge on any atom is -0.356 e. The maximum absolute atomic E-state index is 4.50. The molecule has 4 nitrogen and oxygen atoms in total. The van der Waals surface area contributed by atoms with Crippen LogP contribution in [0.5, 0.6) is 0 Å². The monoisotopic (exact) mass is 474 g/mol. The number of rotatable bonds is 6. The summed E-state index contributed by atoms with van der Waals surface area (Å²) in [5, 5.41) is 7.37. The van der Waals surface area contributed by atoms with Gasteiger partial charge < -0.3 is 15.5 Å². The minimum atomic E-state index is 0. The van der Waals surface area contributed by atoms with Gasteiger partial charge in [-0.25, -0.2) is 0 Å². The van der Waals surface area contributed by atoms with Crippen molar-refractivity contribution in [2.45, 2.75) is 82.7 Å². The Balaban J connectivity index is 0.00000196. The van der Waals surface area contributed by atoms with E-state index in [-0.39, 0.29) is 24.0 Å². The van der Waals surface area contributed by atoms with Crippen LogP contribution in [0.15, 0.2) is 4.99 Å². The zero-order chi connectivity index (χ0) is 17.1. The number of aliphatic imine (C=N–C) groups is 1.